The second-order valence-corrected chi connectivity index (χ2v) is 7.26. The maximum absolute atomic E-state index is 12.5. The maximum Gasteiger partial charge on any atom is 0.257 e. The second-order valence-electron chi connectivity index (χ2n) is 7.26. The van der Waals surface area contributed by atoms with Gasteiger partial charge in [-0.1, -0.05) is 29.8 Å². The van der Waals surface area contributed by atoms with Crippen LogP contribution in [0.2, 0.25) is 0 Å². The molecule has 1 amide bonds. The zero-order chi connectivity index (χ0) is 21.4. The van der Waals surface area contributed by atoms with Gasteiger partial charge in [0, 0.05) is 5.69 Å². The van der Waals surface area contributed by atoms with Crippen molar-refractivity contribution in [1.29, 1.82) is 0 Å². The normalized spacial score (nSPS) is 12.1. The molecule has 0 radical (unpaired) electrons. The highest BCUT2D eigenvalue weighted by atomic mass is 16.3. The second kappa shape index (κ2) is 7.57. The first-order chi connectivity index (χ1) is 14.3. The first-order valence-electron chi connectivity index (χ1n) is 9.47. The Balaban J connectivity index is 1.62. The number of nitrogens with zero attached hydrogens (tertiary/aromatic N) is 4. The molecule has 0 aliphatic carbocycles. The lowest BCUT2D eigenvalue weighted by molar-refractivity contribution is -0.124. The molecular weight excluding hydrogens is 380 g/mol. The van der Waals surface area contributed by atoms with Gasteiger partial charge in [0.1, 0.15) is 17.4 Å². The summed E-state index contributed by atoms with van der Waals surface area (Å²) in [4.78, 5) is 20.8. The van der Waals surface area contributed by atoms with Crippen LogP contribution in [0.15, 0.2) is 48.8 Å². The van der Waals surface area contributed by atoms with E-state index in [1.807, 2.05) is 45.0 Å². The number of nitrogen functional groups attached to an aromatic ring is 1. The van der Waals surface area contributed by atoms with Gasteiger partial charge in [0.05, 0.1) is 11.4 Å². The molecule has 8 heteroatoms. The molecule has 0 saturated carbocycles. The van der Waals surface area contributed by atoms with Gasteiger partial charge in [-0.25, -0.2) is 14.6 Å². The summed E-state index contributed by atoms with van der Waals surface area (Å²) in [6.45, 7) is 5.68. The number of aliphatic hydroxyl groups excluding tert-OH is 1. The summed E-state index contributed by atoms with van der Waals surface area (Å²) in [6.07, 6.45) is 0.168. The van der Waals surface area contributed by atoms with E-state index in [0.29, 0.717) is 28.1 Å². The van der Waals surface area contributed by atoms with Crippen molar-refractivity contribution in [1.82, 2.24) is 19.7 Å². The van der Waals surface area contributed by atoms with Crippen molar-refractivity contribution in [2.45, 2.75) is 26.9 Å². The maximum atomic E-state index is 12.5. The number of hydrogen-bond donors (Lipinski definition) is 3. The molecule has 30 heavy (non-hydrogen) atoms. The summed E-state index contributed by atoms with van der Waals surface area (Å²) in [5.41, 5.74) is 11.9. The molecule has 0 fully saturated rings. The third-order valence-electron chi connectivity index (χ3n) is 4.95. The lowest BCUT2D eigenvalue weighted by atomic mass is 10.1. The van der Waals surface area contributed by atoms with E-state index in [1.54, 1.807) is 22.9 Å². The predicted octanol–water partition coefficient (Wildman–Crippen LogP) is 3.00. The molecule has 4 aromatic rings. The first-order valence-corrected chi connectivity index (χ1v) is 9.47. The fourth-order valence-corrected chi connectivity index (χ4v) is 3.46. The Kier molecular flexibility index (Phi) is 4.93. The van der Waals surface area contributed by atoms with E-state index in [1.165, 1.54) is 6.33 Å². The molecule has 2 aromatic heterocycles. The number of hydrogen-bond acceptors (Lipinski definition) is 6. The van der Waals surface area contributed by atoms with Crippen LogP contribution in [0, 0.1) is 20.8 Å². The van der Waals surface area contributed by atoms with Crippen molar-refractivity contribution in [3.63, 3.8) is 0 Å². The van der Waals surface area contributed by atoms with Crippen molar-refractivity contribution >= 4 is 28.4 Å². The molecular formula is C22H22N6O2. The Morgan fingerprint density at radius 1 is 1.13 bits per heavy atom. The number of amides is 1. The summed E-state index contributed by atoms with van der Waals surface area (Å²) >= 11 is 0. The third kappa shape index (κ3) is 3.48. The highest BCUT2D eigenvalue weighted by Crippen LogP contribution is 2.27. The van der Waals surface area contributed by atoms with Gasteiger partial charge in [0.15, 0.2) is 11.9 Å². The van der Waals surface area contributed by atoms with Crippen LogP contribution in [-0.4, -0.2) is 30.8 Å². The minimum atomic E-state index is -1.25. The molecule has 0 spiro atoms. The minimum absolute atomic E-state index is 0.346. The van der Waals surface area contributed by atoms with Gasteiger partial charge in [-0.05, 0) is 50.1 Å². The minimum Gasteiger partial charge on any atom is -0.382 e. The van der Waals surface area contributed by atoms with Crippen molar-refractivity contribution < 1.29 is 9.90 Å². The summed E-state index contributed by atoms with van der Waals surface area (Å²) in [5.74, 6) is -0.149. The smallest absolute Gasteiger partial charge is 0.257 e. The lowest BCUT2D eigenvalue weighted by Crippen LogP contribution is -2.21. The Hall–Kier alpha value is -3.78. The number of nitrogens with one attached hydrogen (secondary N) is 1. The number of aliphatic hydroxyl groups is 1. The molecule has 0 saturated heterocycles. The van der Waals surface area contributed by atoms with Crippen molar-refractivity contribution in [3.05, 3.63) is 71.2 Å². The van der Waals surface area contributed by atoms with Crippen molar-refractivity contribution in [3.8, 4) is 5.69 Å². The Bertz CT molecular complexity index is 1260. The fourth-order valence-electron chi connectivity index (χ4n) is 3.46. The molecule has 4 N–H and O–H groups in total. The number of rotatable bonds is 4. The zero-order valence-corrected chi connectivity index (χ0v) is 16.9. The Morgan fingerprint density at radius 2 is 1.93 bits per heavy atom. The highest BCUT2D eigenvalue weighted by molar-refractivity contribution is 5.95. The quantitative estimate of drug-likeness (QED) is 0.483. The molecule has 1 unspecified atom stereocenters. The number of anilines is 2. The number of fused-ring (bicyclic) bond motifs is 1. The van der Waals surface area contributed by atoms with Gasteiger partial charge >= 0.3 is 0 Å². The van der Waals surface area contributed by atoms with E-state index < -0.39 is 12.0 Å². The summed E-state index contributed by atoms with van der Waals surface area (Å²) in [5, 5.41) is 17.7. The lowest BCUT2D eigenvalue weighted by Gasteiger charge is -2.14. The number of carbonyl (C=O) groups is 1. The Labute approximate surface area is 173 Å². The Morgan fingerprint density at radius 3 is 2.67 bits per heavy atom. The van der Waals surface area contributed by atoms with Crippen LogP contribution in [0.3, 0.4) is 0 Å². The van der Waals surface area contributed by atoms with Gasteiger partial charge < -0.3 is 16.2 Å². The summed E-state index contributed by atoms with van der Waals surface area (Å²) < 4.78 is 1.71. The highest BCUT2D eigenvalue weighted by Gasteiger charge is 2.19. The van der Waals surface area contributed by atoms with E-state index >= 15 is 0 Å². The molecule has 2 aromatic carbocycles. The van der Waals surface area contributed by atoms with Crippen LogP contribution in [0.4, 0.5) is 11.5 Å². The summed E-state index contributed by atoms with van der Waals surface area (Å²) in [6, 6.07) is 12.6. The van der Waals surface area contributed by atoms with Gasteiger partial charge in [0.2, 0.25) is 0 Å². The molecule has 2 heterocycles. The van der Waals surface area contributed by atoms with Gasteiger partial charge in [-0.15, -0.1) is 0 Å². The molecule has 0 aliphatic rings. The standard InChI is InChI=1S/C22H22N6O2/c1-12-5-4-6-15(9-12)20(29)22(30)26-16-7-8-17(13(2)10-16)28-19-18(14(3)27-28)24-11-25-21(19)23/h4-11,20,29H,1-3H3,(H,26,30)(H2,23,24,25). The van der Waals surface area contributed by atoms with E-state index in [9.17, 15) is 9.90 Å². The topological polar surface area (TPSA) is 119 Å². The molecule has 152 valence electrons. The van der Waals surface area contributed by atoms with Crippen molar-refractivity contribution in [2.24, 2.45) is 0 Å². The van der Waals surface area contributed by atoms with Gasteiger partial charge in [-0.2, -0.15) is 5.10 Å². The van der Waals surface area contributed by atoms with E-state index in [0.717, 1.165) is 22.5 Å². The number of nitrogens with two attached hydrogens (primary N) is 1. The molecule has 0 aliphatic heterocycles. The number of aryl methyl sites for hydroxylation is 3. The zero-order valence-electron chi connectivity index (χ0n) is 16.9. The van der Waals surface area contributed by atoms with E-state index in [4.69, 9.17) is 5.73 Å². The molecule has 4 rings (SSSR count). The predicted molar refractivity (Wildman–Crippen MR) is 115 cm³/mol. The average Bonchev–Trinajstić information content (AvgIpc) is 3.05. The molecule has 1 atom stereocenters. The number of benzene rings is 2. The van der Waals surface area contributed by atoms with Crippen LogP contribution in [0.5, 0.6) is 0 Å². The van der Waals surface area contributed by atoms with E-state index in [2.05, 4.69) is 20.4 Å². The SMILES string of the molecule is Cc1cccc(C(O)C(=O)Nc2ccc(-n3nc(C)c4ncnc(N)c43)c(C)c2)c1. The molecule has 8 nitrogen and oxygen atoms in total. The van der Waals surface area contributed by atoms with Crippen LogP contribution in [0.25, 0.3) is 16.7 Å². The van der Waals surface area contributed by atoms with E-state index in [-0.39, 0.29) is 0 Å². The monoisotopic (exact) mass is 402 g/mol. The third-order valence-corrected chi connectivity index (χ3v) is 4.95. The fraction of sp³-hybridized carbons (Fsp3) is 0.182. The average molecular weight is 402 g/mol. The van der Waals surface area contributed by atoms with Gasteiger partial charge in [0.25, 0.3) is 5.91 Å². The molecule has 0 bridgehead atoms. The van der Waals surface area contributed by atoms with Crippen LogP contribution in [-0.2, 0) is 4.79 Å². The number of aromatic nitrogens is 4. The van der Waals surface area contributed by atoms with Crippen LogP contribution >= 0.6 is 0 Å². The van der Waals surface area contributed by atoms with Crippen LogP contribution in [0.1, 0.15) is 28.5 Å². The van der Waals surface area contributed by atoms with Crippen molar-refractivity contribution in [2.75, 3.05) is 11.1 Å². The largest absolute Gasteiger partial charge is 0.382 e. The van der Waals surface area contributed by atoms with Gasteiger partial charge in [-0.3, -0.25) is 4.79 Å². The number of carbonyl (C=O) groups excluding carboxylic acids is 1. The first kappa shape index (κ1) is 19.5. The van der Waals surface area contributed by atoms with Crippen LogP contribution < -0.4 is 11.1 Å². The summed E-state index contributed by atoms with van der Waals surface area (Å²) in [7, 11) is 0.